The Labute approximate surface area is 171 Å². The van der Waals surface area contributed by atoms with Crippen molar-refractivity contribution >= 4 is 17.7 Å². The van der Waals surface area contributed by atoms with Gasteiger partial charge in [-0.05, 0) is 54.7 Å². The largest absolute Gasteiger partial charge is 0.390 e. The van der Waals surface area contributed by atoms with Crippen LogP contribution in [0.15, 0.2) is 36.5 Å². The monoisotopic (exact) mass is 397 g/mol. The zero-order valence-electron chi connectivity index (χ0n) is 16.2. The Morgan fingerprint density at radius 2 is 2.11 bits per heavy atom. The summed E-state index contributed by atoms with van der Waals surface area (Å²) in [5.74, 6) is 0. The van der Waals surface area contributed by atoms with Crippen LogP contribution in [-0.2, 0) is 17.9 Å². The van der Waals surface area contributed by atoms with Crippen LogP contribution in [0.25, 0.3) is 6.08 Å². The fraction of sp³-hybridized carbons (Fsp3) is 0.435. The van der Waals surface area contributed by atoms with Gasteiger partial charge in [0.1, 0.15) is 0 Å². The normalized spacial score (nSPS) is 21.5. The standard InChI is InChI=1S/C23H26ClN2O2/c1-23(27)9-11-26(12-10-23)15-17-5-6-18-3-2-4-22(21(18)13-17)28-16-20-8-7-19(24)14-25-20/h3,5-8,13-14,22,27H,4,9-12,15-16H2,1H3. The first-order valence-corrected chi connectivity index (χ1v) is 10.2. The quantitative estimate of drug-likeness (QED) is 0.803. The van der Waals surface area contributed by atoms with Gasteiger partial charge in [0.05, 0.1) is 29.0 Å². The highest BCUT2D eigenvalue weighted by molar-refractivity contribution is 6.30. The topological polar surface area (TPSA) is 45.6 Å². The van der Waals surface area contributed by atoms with E-state index in [1.165, 1.54) is 16.7 Å². The van der Waals surface area contributed by atoms with E-state index in [-0.39, 0.29) is 6.10 Å². The van der Waals surface area contributed by atoms with Crippen molar-refractivity contribution in [3.8, 4) is 0 Å². The molecule has 0 amide bonds. The van der Waals surface area contributed by atoms with Crippen LogP contribution >= 0.6 is 11.6 Å². The Morgan fingerprint density at radius 3 is 2.86 bits per heavy atom. The van der Waals surface area contributed by atoms with E-state index in [0.717, 1.165) is 44.6 Å². The van der Waals surface area contributed by atoms with Crippen molar-refractivity contribution in [2.24, 2.45) is 0 Å². The average Bonchev–Trinajstić information content (AvgIpc) is 2.69. The molecule has 1 aromatic heterocycles. The lowest BCUT2D eigenvalue weighted by Crippen LogP contribution is -2.41. The minimum Gasteiger partial charge on any atom is -0.390 e. The van der Waals surface area contributed by atoms with Crippen molar-refractivity contribution in [2.45, 2.75) is 51.0 Å². The molecule has 4 nitrogen and oxygen atoms in total. The van der Waals surface area contributed by atoms with Gasteiger partial charge in [-0.25, -0.2) is 0 Å². The van der Waals surface area contributed by atoms with Gasteiger partial charge in [-0.2, -0.15) is 0 Å². The van der Waals surface area contributed by atoms with E-state index in [2.05, 4.69) is 40.2 Å². The molecule has 1 atom stereocenters. The lowest BCUT2D eigenvalue weighted by Gasteiger charge is -2.36. The van der Waals surface area contributed by atoms with Crippen molar-refractivity contribution in [1.29, 1.82) is 0 Å². The highest BCUT2D eigenvalue weighted by Gasteiger charge is 2.27. The first kappa shape index (κ1) is 19.6. The van der Waals surface area contributed by atoms with Crippen LogP contribution in [0.1, 0.15) is 54.7 Å². The van der Waals surface area contributed by atoms with Crippen molar-refractivity contribution in [1.82, 2.24) is 9.88 Å². The number of hydrogen-bond donors (Lipinski definition) is 1. The molecule has 0 spiro atoms. The van der Waals surface area contributed by atoms with Gasteiger partial charge in [-0.1, -0.05) is 35.9 Å². The molecule has 1 unspecified atom stereocenters. The lowest BCUT2D eigenvalue weighted by molar-refractivity contribution is -0.00733. The number of halogens is 1. The minimum atomic E-state index is -0.512. The summed E-state index contributed by atoms with van der Waals surface area (Å²) < 4.78 is 6.17. The molecule has 1 aromatic carbocycles. The van der Waals surface area contributed by atoms with Crippen molar-refractivity contribution in [2.75, 3.05) is 13.1 Å². The first-order valence-electron chi connectivity index (χ1n) is 9.85. The molecule has 1 aliphatic heterocycles. The summed E-state index contributed by atoms with van der Waals surface area (Å²) >= 11 is 5.91. The molecule has 4 rings (SSSR count). The van der Waals surface area contributed by atoms with Gasteiger partial charge in [-0.3, -0.25) is 9.88 Å². The third-order valence-corrected chi connectivity index (χ3v) is 5.84. The number of aromatic nitrogens is 1. The molecule has 1 aliphatic carbocycles. The highest BCUT2D eigenvalue weighted by Crippen LogP contribution is 2.32. The van der Waals surface area contributed by atoms with E-state index < -0.39 is 5.60 Å². The summed E-state index contributed by atoms with van der Waals surface area (Å²) in [5, 5.41) is 10.8. The smallest absolute Gasteiger partial charge is 0.0896 e. The second kappa shape index (κ2) is 8.34. The number of likely N-dealkylation sites (tertiary alicyclic amines) is 1. The van der Waals surface area contributed by atoms with Crippen LogP contribution in [0.5, 0.6) is 0 Å². The molecule has 28 heavy (non-hydrogen) atoms. The van der Waals surface area contributed by atoms with E-state index in [0.29, 0.717) is 11.6 Å². The predicted octanol–water partition coefficient (Wildman–Crippen LogP) is 4.56. The zero-order chi connectivity index (χ0) is 19.6. The Hall–Kier alpha value is -1.72. The Morgan fingerprint density at radius 1 is 1.29 bits per heavy atom. The van der Waals surface area contributed by atoms with Crippen LogP contribution in [0.4, 0.5) is 0 Å². The molecule has 2 heterocycles. The van der Waals surface area contributed by atoms with E-state index in [1.807, 2.05) is 19.1 Å². The van der Waals surface area contributed by atoms with E-state index >= 15 is 0 Å². The van der Waals surface area contributed by atoms with Crippen molar-refractivity contribution < 1.29 is 9.84 Å². The minimum absolute atomic E-state index is 0.0143. The summed E-state index contributed by atoms with van der Waals surface area (Å²) in [7, 11) is 0. The van der Waals surface area contributed by atoms with Gasteiger partial charge in [0.15, 0.2) is 0 Å². The molecule has 1 radical (unpaired) electrons. The van der Waals surface area contributed by atoms with E-state index in [9.17, 15) is 5.11 Å². The Balaban J connectivity index is 1.43. The average molecular weight is 398 g/mol. The third-order valence-electron chi connectivity index (χ3n) is 5.62. The fourth-order valence-corrected chi connectivity index (χ4v) is 3.91. The van der Waals surface area contributed by atoms with E-state index in [1.54, 1.807) is 6.20 Å². The molecular weight excluding hydrogens is 372 g/mol. The molecule has 1 saturated heterocycles. The van der Waals surface area contributed by atoms with Gasteiger partial charge in [0.2, 0.25) is 0 Å². The van der Waals surface area contributed by atoms with Gasteiger partial charge < -0.3 is 9.84 Å². The van der Waals surface area contributed by atoms with Crippen LogP contribution in [0.2, 0.25) is 5.02 Å². The number of rotatable bonds is 5. The third kappa shape index (κ3) is 4.81. The van der Waals surface area contributed by atoms with Crippen LogP contribution in [-0.4, -0.2) is 33.7 Å². The highest BCUT2D eigenvalue weighted by atomic mass is 35.5. The number of nitrogens with zero attached hydrogens (tertiary/aromatic N) is 2. The maximum absolute atomic E-state index is 10.2. The molecule has 147 valence electrons. The number of benzene rings is 1. The number of pyridine rings is 1. The first-order chi connectivity index (χ1) is 13.5. The van der Waals surface area contributed by atoms with Gasteiger partial charge in [0, 0.05) is 32.3 Å². The Bertz CT molecular complexity index is 838. The summed E-state index contributed by atoms with van der Waals surface area (Å²) in [6.45, 7) is 5.15. The fourth-order valence-electron chi connectivity index (χ4n) is 3.80. The predicted molar refractivity (Wildman–Crippen MR) is 111 cm³/mol. The Kier molecular flexibility index (Phi) is 5.83. The van der Waals surface area contributed by atoms with Crippen LogP contribution < -0.4 is 0 Å². The molecule has 1 N–H and O–H groups in total. The second-order valence-corrected chi connectivity index (χ2v) is 8.49. The number of ether oxygens (including phenoxy) is 1. The summed E-state index contributed by atoms with van der Waals surface area (Å²) in [6, 6.07) is 10.3. The van der Waals surface area contributed by atoms with Gasteiger partial charge in [-0.15, -0.1) is 0 Å². The SMILES string of the molecule is CC1(O)CCN(Cc2ccc3c(c2)C(OCc2ccc(Cl)cn2)C[C]=C3)CC1. The summed E-state index contributed by atoms with van der Waals surface area (Å²) in [5.41, 5.74) is 4.03. The number of fused-ring (bicyclic) bond motifs is 1. The van der Waals surface area contributed by atoms with Crippen molar-refractivity contribution in [3.63, 3.8) is 0 Å². The maximum Gasteiger partial charge on any atom is 0.0896 e. The number of hydrogen-bond acceptors (Lipinski definition) is 4. The molecular formula is C23H26ClN2O2. The number of aliphatic hydroxyl groups is 1. The molecule has 2 aromatic rings. The lowest BCUT2D eigenvalue weighted by atomic mass is 9.91. The second-order valence-electron chi connectivity index (χ2n) is 8.06. The molecule has 0 bridgehead atoms. The molecule has 2 aliphatic rings. The zero-order valence-corrected chi connectivity index (χ0v) is 17.0. The van der Waals surface area contributed by atoms with Crippen LogP contribution in [0.3, 0.4) is 0 Å². The van der Waals surface area contributed by atoms with E-state index in [4.69, 9.17) is 16.3 Å². The van der Waals surface area contributed by atoms with Gasteiger partial charge in [0.25, 0.3) is 0 Å². The summed E-state index contributed by atoms with van der Waals surface area (Å²) in [4.78, 5) is 6.73. The molecule has 5 heteroatoms. The van der Waals surface area contributed by atoms with Crippen molar-refractivity contribution in [3.05, 3.63) is 70.0 Å². The summed E-state index contributed by atoms with van der Waals surface area (Å²) in [6.07, 6.45) is 9.41. The molecule has 1 fully saturated rings. The maximum atomic E-state index is 10.2. The number of piperidine rings is 1. The van der Waals surface area contributed by atoms with Gasteiger partial charge >= 0.3 is 0 Å². The van der Waals surface area contributed by atoms with Crippen LogP contribution in [0, 0.1) is 6.08 Å². The molecule has 0 saturated carbocycles.